The zero-order valence-electron chi connectivity index (χ0n) is 6.87. The maximum atomic E-state index is 10.2. The average molecular weight is 194 g/mol. The molecule has 0 bridgehead atoms. The first-order valence-electron chi connectivity index (χ1n) is 3.67. The van der Waals surface area contributed by atoms with E-state index in [1.54, 1.807) is 21.6 Å². The zero-order valence-corrected chi connectivity index (χ0v) is 8.50. The standard InChI is InChI=1S/C7H14O2S2/c1-3-10-11-6(2)4-5-7(8)9/h6H,3-5H2,1-2H3,(H,8,9). The van der Waals surface area contributed by atoms with Gasteiger partial charge in [0.1, 0.15) is 0 Å². The summed E-state index contributed by atoms with van der Waals surface area (Å²) in [5.41, 5.74) is 0. The summed E-state index contributed by atoms with van der Waals surface area (Å²) in [7, 11) is 3.56. The lowest BCUT2D eigenvalue weighted by Gasteiger charge is -2.06. The summed E-state index contributed by atoms with van der Waals surface area (Å²) in [5.74, 6) is 0.390. The maximum Gasteiger partial charge on any atom is 0.303 e. The van der Waals surface area contributed by atoms with E-state index in [4.69, 9.17) is 5.11 Å². The smallest absolute Gasteiger partial charge is 0.303 e. The molecule has 1 N–H and O–H groups in total. The Bertz CT molecular complexity index is 117. The highest BCUT2D eigenvalue weighted by Gasteiger charge is 2.04. The van der Waals surface area contributed by atoms with Crippen molar-refractivity contribution < 1.29 is 9.90 Å². The second-order valence-electron chi connectivity index (χ2n) is 2.25. The normalized spacial score (nSPS) is 12.9. The van der Waals surface area contributed by atoms with E-state index < -0.39 is 5.97 Å². The van der Waals surface area contributed by atoms with Gasteiger partial charge in [0, 0.05) is 17.4 Å². The van der Waals surface area contributed by atoms with Crippen molar-refractivity contribution in [3.63, 3.8) is 0 Å². The lowest BCUT2D eigenvalue weighted by Crippen LogP contribution is -2.00. The van der Waals surface area contributed by atoms with Crippen LogP contribution in [0.2, 0.25) is 0 Å². The molecule has 0 spiro atoms. The summed E-state index contributed by atoms with van der Waals surface area (Å²) >= 11 is 0. The van der Waals surface area contributed by atoms with Crippen molar-refractivity contribution in [2.45, 2.75) is 31.9 Å². The lowest BCUT2D eigenvalue weighted by molar-refractivity contribution is -0.137. The van der Waals surface area contributed by atoms with Crippen LogP contribution in [0.25, 0.3) is 0 Å². The molecule has 0 aliphatic carbocycles. The number of hydrogen-bond acceptors (Lipinski definition) is 3. The van der Waals surface area contributed by atoms with Gasteiger partial charge in [0.2, 0.25) is 0 Å². The predicted molar refractivity (Wildman–Crippen MR) is 52.1 cm³/mol. The molecule has 1 unspecified atom stereocenters. The molecule has 2 nitrogen and oxygen atoms in total. The highest BCUT2D eigenvalue weighted by atomic mass is 33.1. The molecule has 0 aliphatic rings. The van der Waals surface area contributed by atoms with Gasteiger partial charge in [-0.25, -0.2) is 0 Å². The van der Waals surface area contributed by atoms with Gasteiger partial charge in [-0.1, -0.05) is 35.4 Å². The second-order valence-corrected chi connectivity index (χ2v) is 5.34. The van der Waals surface area contributed by atoms with Crippen molar-refractivity contribution in [1.29, 1.82) is 0 Å². The van der Waals surface area contributed by atoms with Crippen molar-refractivity contribution in [1.82, 2.24) is 0 Å². The van der Waals surface area contributed by atoms with E-state index in [0.29, 0.717) is 11.7 Å². The van der Waals surface area contributed by atoms with Crippen LogP contribution in [0.4, 0.5) is 0 Å². The van der Waals surface area contributed by atoms with Gasteiger partial charge in [-0.05, 0) is 6.42 Å². The fraction of sp³-hybridized carbons (Fsp3) is 0.857. The number of hydrogen-bond donors (Lipinski definition) is 1. The van der Waals surface area contributed by atoms with Crippen LogP contribution in [-0.4, -0.2) is 22.1 Å². The van der Waals surface area contributed by atoms with Crippen LogP contribution in [0.5, 0.6) is 0 Å². The van der Waals surface area contributed by atoms with Crippen LogP contribution in [0.15, 0.2) is 0 Å². The van der Waals surface area contributed by atoms with Gasteiger partial charge in [-0.15, -0.1) is 0 Å². The molecule has 0 radical (unpaired) electrons. The van der Waals surface area contributed by atoms with Crippen molar-refractivity contribution in [3.05, 3.63) is 0 Å². The Morgan fingerprint density at radius 2 is 2.27 bits per heavy atom. The first kappa shape index (κ1) is 11.2. The number of aliphatic carboxylic acids is 1. The molecule has 0 amide bonds. The van der Waals surface area contributed by atoms with E-state index in [-0.39, 0.29) is 0 Å². The Morgan fingerprint density at radius 1 is 1.64 bits per heavy atom. The van der Waals surface area contributed by atoms with Gasteiger partial charge in [0.05, 0.1) is 0 Å². The average Bonchev–Trinajstić information content (AvgIpc) is 1.97. The third kappa shape index (κ3) is 8.07. The molecule has 0 aliphatic heterocycles. The number of carboxylic acid groups (broad SMARTS) is 1. The largest absolute Gasteiger partial charge is 0.481 e. The first-order valence-corrected chi connectivity index (χ1v) is 6.05. The van der Waals surface area contributed by atoms with Crippen molar-refractivity contribution in [2.75, 3.05) is 5.75 Å². The lowest BCUT2D eigenvalue weighted by atomic mass is 10.2. The molecule has 0 saturated heterocycles. The third-order valence-electron chi connectivity index (χ3n) is 1.11. The summed E-state index contributed by atoms with van der Waals surface area (Å²) < 4.78 is 0. The molecule has 0 saturated carbocycles. The Balaban J connectivity index is 3.22. The Kier molecular flexibility index (Phi) is 6.96. The minimum Gasteiger partial charge on any atom is -0.481 e. The monoisotopic (exact) mass is 194 g/mol. The van der Waals surface area contributed by atoms with Crippen LogP contribution in [0.3, 0.4) is 0 Å². The fourth-order valence-electron chi connectivity index (χ4n) is 0.559. The molecule has 0 heterocycles. The van der Waals surface area contributed by atoms with E-state index in [0.717, 1.165) is 12.2 Å². The number of carboxylic acids is 1. The molecule has 0 aromatic carbocycles. The van der Waals surface area contributed by atoms with E-state index in [1.807, 2.05) is 0 Å². The third-order valence-corrected chi connectivity index (χ3v) is 4.15. The van der Waals surface area contributed by atoms with Gasteiger partial charge in [-0.3, -0.25) is 4.79 Å². The van der Waals surface area contributed by atoms with Crippen LogP contribution in [0.1, 0.15) is 26.7 Å². The molecule has 0 aromatic heterocycles. The van der Waals surface area contributed by atoms with Crippen LogP contribution < -0.4 is 0 Å². The second kappa shape index (κ2) is 6.85. The number of carbonyl (C=O) groups is 1. The maximum absolute atomic E-state index is 10.2. The SMILES string of the molecule is CCSSC(C)CCC(=O)O. The van der Waals surface area contributed by atoms with Gasteiger partial charge in [0.25, 0.3) is 0 Å². The molecule has 1 atom stereocenters. The molecule has 11 heavy (non-hydrogen) atoms. The van der Waals surface area contributed by atoms with Gasteiger partial charge in [0.15, 0.2) is 0 Å². The Morgan fingerprint density at radius 3 is 2.73 bits per heavy atom. The van der Waals surface area contributed by atoms with Gasteiger partial charge in [-0.2, -0.15) is 0 Å². The van der Waals surface area contributed by atoms with E-state index in [9.17, 15) is 4.79 Å². The molecule has 0 aromatic rings. The molecular weight excluding hydrogens is 180 g/mol. The quantitative estimate of drug-likeness (QED) is 0.660. The number of rotatable bonds is 6. The van der Waals surface area contributed by atoms with Crippen molar-refractivity contribution >= 4 is 27.6 Å². The highest BCUT2D eigenvalue weighted by molar-refractivity contribution is 8.76. The van der Waals surface area contributed by atoms with Crippen molar-refractivity contribution in [2.24, 2.45) is 0 Å². The molecular formula is C7H14O2S2. The Hall–Kier alpha value is 0.170. The molecule has 66 valence electrons. The highest BCUT2D eigenvalue weighted by Crippen LogP contribution is 2.28. The van der Waals surface area contributed by atoms with Crippen LogP contribution >= 0.6 is 21.6 Å². The van der Waals surface area contributed by atoms with Crippen molar-refractivity contribution in [3.8, 4) is 0 Å². The summed E-state index contributed by atoms with van der Waals surface area (Å²) in [6, 6.07) is 0. The fourth-order valence-corrected chi connectivity index (χ4v) is 2.54. The summed E-state index contributed by atoms with van der Waals surface area (Å²) in [5, 5.41) is 8.83. The zero-order chi connectivity index (χ0) is 8.69. The van der Waals surface area contributed by atoms with E-state index >= 15 is 0 Å². The van der Waals surface area contributed by atoms with Crippen LogP contribution in [0, 0.1) is 0 Å². The minimum atomic E-state index is -0.695. The van der Waals surface area contributed by atoms with Gasteiger partial charge < -0.3 is 5.11 Å². The van der Waals surface area contributed by atoms with E-state index in [1.165, 1.54) is 0 Å². The summed E-state index contributed by atoms with van der Waals surface area (Å²) in [6.45, 7) is 4.16. The van der Waals surface area contributed by atoms with Crippen LogP contribution in [-0.2, 0) is 4.79 Å². The molecule has 0 fully saturated rings. The Labute approximate surface area is 75.5 Å². The minimum absolute atomic E-state index is 0.290. The summed E-state index contributed by atoms with van der Waals surface area (Å²) in [4.78, 5) is 10.2. The van der Waals surface area contributed by atoms with E-state index in [2.05, 4.69) is 13.8 Å². The van der Waals surface area contributed by atoms with Gasteiger partial charge >= 0.3 is 5.97 Å². The molecule has 4 heteroatoms. The summed E-state index contributed by atoms with van der Waals surface area (Å²) in [6.07, 6.45) is 1.06. The predicted octanol–water partition coefficient (Wildman–Crippen LogP) is 2.64. The first-order chi connectivity index (χ1) is 5.16. The topological polar surface area (TPSA) is 37.3 Å². The molecule has 0 rings (SSSR count).